The van der Waals surface area contributed by atoms with Gasteiger partial charge in [0.1, 0.15) is 5.60 Å². The van der Waals surface area contributed by atoms with Crippen LogP contribution in [0.1, 0.15) is 43.2 Å². The van der Waals surface area contributed by atoms with Gasteiger partial charge in [-0.15, -0.1) is 0 Å². The molecule has 2 aromatic carbocycles. The average molecular weight is 423 g/mol. The maximum Gasteiger partial charge on any atom is 0.410 e. The van der Waals surface area contributed by atoms with Crippen molar-refractivity contribution >= 4 is 6.09 Å². The summed E-state index contributed by atoms with van der Waals surface area (Å²) in [4.78, 5) is 16.4. The van der Waals surface area contributed by atoms with Crippen LogP contribution in [-0.2, 0) is 22.6 Å². The molecule has 1 saturated heterocycles. The Bertz CT molecular complexity index is 872. The Morgan fingerprint density at radius 2 is 1.77 bits per heavy atom. The molecule has 2 aromatic rings. The van der Waals surface area contributed by atoms with E-state index in [4.69, 9.17) is 9.47 Å². The molecule has 0 bridgehead atoms. The second-order valence-corrected chi connectivity index (χ2v) is 9.22. The van der Waals surface area contributed by atoms with E-state index in [0.717, 1.165) is 50.9 Å². The Labute approximate surface area is 185 Å². The maximum atomic E-state index is 12.4. The van der Waals surface area contributed by atoms with Crippen LogP contribution in [0.4, 0.5) is 4.79 Å². The molecule has 0 unspecified atom stereocenters. The van der Waals surface area contributed by atoms with Crippen LogP contribution in [0.15, 0.2) is 48.5 Å². The van der Waals surface area contributed by atoms with Gasteiger partial charge < -0.3 is 14.4 Å². The molecule has 1 amide bonds. The predicted molar refractivity (Wildman–Crippen MR) is 123 cm³/mol. The summed E-state index contributed by atoms with van der Waals surface area (Å²) in [6, 6.07) is 17.0. The summed E-state index contributed by atoms with van der Waals surface area (Å²) in [5.74, 6) is 0. The maximum absolute atomic E-state index is 12.4. The minimum Gasteiger partial charge on any atom is -0.441 e. The molecular weight excluding hydrogens is 388 g/mol. The zero-order chi connectivity index (χ0) is 21.7. The van der Waals surface area contributed by atoms with Crippen LogP contribution in [0.2, 0.25) is 0 Å². The summed E-state index contributed by atoms with van der Waals surface area (Å²) >= 11 is 0. The summed E-state index contributed by atoms with van der Waals surface area (Å²) < 4.78 is 11.6. The molecule has 0 N–H and O–H groups in total. The monoisotopic (exact) mass is 422 g/mol. The fourth-order valence-corrected chi connectivity index (χ4v) is 4.57. The van der Waals surface area contributed by atoms with Crippen LogP contribution in [0.3, 0.4) is 0 Å². The lowest BCUT2D eigenvalue weighted by atomic mass is 9.85. The van der Waals surface area contributed by atoms with Crippen LogP contribution in [-0.4, -0.2) is 55.3 Å². The lowest BCUT2D eigenvalue weighted by Crippen LogP contribution is -2.36. The van der Waals surface area contributed by atoms with E-state index in [0.29, 0.717) is 13.2 Å². The number of ether oxygens (including phenoxy) is 2. The number of hydrogen-bond donors (Lipinski definition) is 0. The lowest BCUT2D eigenvalue weighted by Gasteiger charge is -2.30. The van der Waals surface area contributed by atoms with Crippen LogP contribution >= 0.6 is 0 Å². The van der Waals surface area contributed by atoms with Gasteiger partial charge in [-0.1, -0.05) is 48.9 Å². The van der Waals surface area contributed by atoms with Crippen molar-refractivity contribution in [3.8, 4) is 11.1 Å². The molecule has 4 rings (SSSR count). The van der Waals surface area contributed by atoms with Crippen LogP contribution in [0.25, 0.3) is 11.1 Å². The van der Waals surface area contributed by atoms with Gasteiger partial charge in [-0.05, 0) is 68.1 Å². The van der Waals surface area contributed by atoms with E-state index in [1.54, 1.807) is 0 Å². The highest BCUT2D eigenvalue weighted by molar-refractivity contribution is 5.71. The van der Waals surface area contributed by atoms with Crippen molar-refractivity contribution in [2.75, 3.05) is 33.8 Å². The summed E-state index contributed by atoms with van der Waals surface area (Å²) in [7, 11) is 4.10. The SMILES string of the molecule is CN(C)CCOCc1cccc(-c2ccc(CN3CC4(CCCCC4)OC3=O)cc2)c1. The fraction of sp³-hybridized carbons (Fsp3) is 0.500. The molecule has 5 nitrogen and oxygen atoms in total. The second kappa shape index (κ2) is 9.84. The highest BCUT2D eigenvalue weighted by atomic mass is 16.6. The van der Waals surface area contributed by atoms with Crippen molar-refractivity contribution in [2.45, 2.75) is 50.9 Å². The van der Waals surface area contributed by atoms with Crippen LogP contribution < -0.4 is 0 Å². The van der Waals surface area contributed by atoms with Crippen LogP contribution in [0, 0.1) is 0 Å². The van der Waals surface area contributed by atoms with Crippen molar-refractivity contribution in [1.29, 1.82) is 0 Å². The molecule has 31 heavy (non-hydrogen) atoms. The van der Waals surface area contributed by atoms with Gasteiger partial charge >= 0.3 is 6.09 Å². The molecule has 1 aliphatic carbocycles. The highest BCUT2D eigenvalue weighted by Gasteiger charge is 2.45. The average Bonchev–Trinajstić information content (AvgIpc) is 3.06. The topological polar surface area (TPSA) is 42.0 Å². The number of rotatable bonds is 8. The van der Waals surface area contributed by atoms with Gasteiger partial charge in [-0.3, -0.25) is 4.90 Å². The third kappa shape index (κ3) is 5.66. The molecule has 0 atom stereocenters. The lowest BCUT2D eigenvalue weighted by molar-refractivity contribution is 0.0260. The smallest absolute Gasteiger partial charge is 0.410 e. The van der Waals surface area contributed by atoms with Crippen molar-refractivity contribution in [1.82, 2.24) is 9.80 Å². The van der Waals surface area contributed by atoms with Crippen LogP contribution in [0.5, 0.6) is 0 Å². The third-order valence-electron chi connectivity index (χ3n) is 6.35. The first-order valence-corrected chi connectivity index (χ1v) is 11.4. The second-order valence-electron chi connectivity index (χ2n) is 9.22. The first-order valence-electron chi connectivity index (χ1n) is 11.4. The molecule has 5 heteroatoms. The number of amides is 1. The van der Waals surface area contributed by atoms with E-state index in [2.05, 4.69) is 53.4 Å². The molecule has 166 valence electrons. The molecular formula is C26H34N2O3. The molecule has 2 aliphatic rings. The van der Waals surface area contributed by atoms with Gasteiger partial charge in [0, 0.05) is 13.1 Å². The Balaban J connectivity index is 1.35. The summed E-state index contributed by atoms with van der Waals surface area (Å²) in [6.07, 6.45) is 5.43. The predicted octanol–water partition coefficient (Wildman–Crippen LogP) is 5.09. The number of nitrogens with zero attached hydrogens (tertiary/aromatic N) is 2. The first-order chi connectivity index (χ1) is 15.0. The molecule has 1 heterocycles. The normalized spacial score (nSPS) is 18.0. The van der Waals surface area contributed by atoms with Gasteiger partial charge in [0.2, 0.25) is 0 Å². The van der Waals surface area contributed by atoms with E-state index in [-0.39, 0.29) is 11.7 Å². The van der Waals surface area contributed by atoms with E-state index in [9.17, 15) is 4.79 Å². The summed E-state index contributed by atoms with van der Waals surface area (Å²) in [5.41, 5.74) is 4.44. The summed E-state index contributed by atoms with van der Waals surface area (Å²) in [5, 5.41) is 0. The summed E-state index contributed by atoms with van der Waals surface area (Å²) in [6.45, 7) is 3.61. The zero-order valence-corrected chi connectivity index (χ0v) is 18.8. The van der Waals surface area contributed by atoms with Gasteiger partial charge in [0.25, 0.3) is 0 Å². The van der Waals surface area contributed by atoms with Crippen molar-refractivity contribution in [3.63, 3.8) is 0 Å². The minimum absolute atomic E-state index is 0.159. The number of carbonyl (C=O) groups excluding carboxylic acids is 1. The van der Waals surface area contributed by atoms with Gasteiger partial charge in [-0.25, -0.2) is 4.79 Å². The Hall–Kier alpha value is -2.37. The largest absolute Gasteiger partial charge is 0.441 e. The molecule has 0 radical (unpaired) electrons. The Morgan fingerprint density at radius 1 is 1.00 bits per heavy atom. The van der Waals surface area contributed by atoms with E-state index < -0.39 is 0 Å². The molecule has 1 aliphatic heterocycles. The number of carbonyl (C=O) groups is 1. The van der Waals surface area contributed by atoms with Crippen molar-refractivity contribution < 1.29 is 14.3 Å². The molecule has 2 fully saturated rings. The number of likely N-dealkylation sites (N-methyl/N-ethyl adjacent to an activating group) is 1. The fourth-order valence-electron chi connectivity index (χ4n) is 4.57. The van der Waals surface area contributed by atoms with E-state index in [1.807, 2.05) is 19.0 Å². The molecule has 1 spiro atoms. The van der Waals surface area contributed by atoms with Gasteiger partial charge in [0.05, 0.1) is 19.8 Å². The highest BCUT2D eigenvalue weighted by Crippen LogP contribution is 2.37. The van der Waals surface area contributed by atoms with Crippen molar-refractivity contribution in [2.24, 2.45) is 0 Å². The molecule has 1 saturated carbocycles. The van der Waals surface area contributed by atoms with E-state index >= 15 is 0 Å². The first kappa shape index (κ1) is 21.8. The van der Waals surface area contributed by atoms with E-state index in [1.165, 1.54) is 23.1 Å². The van der Waals surface area contributed by atoms with Crippen molar-refractivity contribution in [3.05, 3.63) is 59.7 Å². The number of benzene rings is 2. The Kier molecular flexibility index (Phi) is 6.93. The Morgan fingerprint density at radius 3 is 2.52 bits per heavy atom. The quantitative estimate of drug-likeness (QED) is 0.556. The van der Waals surface area contributed by atoms with Gasteiger partial charge in [0.15, 0.2) is 0 Å². The number of hydrogen-bond acceptors (Lipinski definition) is 4. The third-order valence-corrected chi connectivity index (χ3v) is 6.35. The minimum atomic E-state index is -0.232. The molecule has 0 aromatic heterocycles. The zero-order valence-electron chi connectivity index (χ0n) is 18.8. The van der Waals surface area contributed by atoms with Gasteiger partial charge in [-0.2, -0.15) is 0 Å². The standard InChI is InChI=1S/C26H34N2O3/c1-27(2)15-16-30-19-22-7-6-8-24(17-22)23-11-9-21(10-12-23)18-28-20-26(31-25(28)29)13-4-3-5-14-26/h6-12,17H,3-5,13-16,18-20H2,1-2H3.